The molecule has 3 aromatic rings. The maximum absolute atomic E-state index is 12.4. The molecule has 28 heavy (non-hydrogen) atoms. The van der Waals surface area contributed by atoms with Crippen molar-refractivity contribution in [2.45, 2.75) is 11.8 Å². The molecule has 2 N–H and O–H groups in total. The Morgan fingerprint density at radius 3 is 2.18 bits per heavy atom. The van der Waals surface area contributed by atoms with Crippen LogP contribution < -0.4 is 10.1 Å². The van der Waals surface area contributed by atoms with Gasteiger partial charge in [-0.15, -0.1) is 0 Å². The fourth-order valence-corrected chi connectivity index (χ4v) is 3.84. The highest BCUT2D eigenvalue weighted by molar-refractivity contribution is 7.92. The van der Waals surface area contributed by atoms with Crippen molar-refractivity contribution in [3.05, 3.63) is 87.9 Å². The molecule has 0 aliphatic rings. The van der Waals surface area contributed by atoms with Gasteiger partial charge in [-0.25, -0.2) is 8.42 Å². The third-order valence-electron chi connectivity index (χ3n) is 3.83. The Labute approximate surface area is 174 Å². The van der Waals surface area contributed by atoms with Crippen LogP contribution in [0.2, 0.25) is 10.0 Å². The normalized spacial score (nSPS) is 11.5. The van der Waals surface area contributed by atoms with Crippen LogP contribution in [0.5, 0.6) is 0 Å². The minimum atomic E-state index is -3.63. The third-order valence-corrected chi connectivity index (χ3v) is 5.79. The van der Waals surface area contributed by atoms with Crippen LogP contribution in [0.3, 0.4) is 0 Å². The van der Waals surface area contributed by atoms with Gasteiger partial charge < -0.3 is 0 Å². The van der Waals surface area contributed by atoms with Crippen molar-refractivity contribution in [3.8, 4) is 0 Å². The Balaban J connectivity index is 1.64. The lowest BCUT2D eigenvalue weighted by atomic mass is 10.2. The number of anilines is 2. The number of aryl methyl sites for hydroxylation is 1. The minimum Gasteiger partial charge on any atom is -0.280 e. The van der Waals surface area contributed by atoms with Gasteiger partial charge in [0.1, 0.15) is 0 Å². The molecule has 0 bridgehead atoms. The Morgan fingerprint density at radius 1 is 0.893 bits per heavy atom. The van der Waals surface area contributed by atoms with Crippen molar-refractivity contribution in [1.82, 2.24) is 0 Å². The van der Waals surface area contributed by atoms with Crippen LogP contribution in [0.25, 0.3) is 0 Å². The average Bonchev–Trinajstić information content (AvgIpc) is 2.65. The molecule has 0 saturated carbocycles. The van der Waals surface area contributed by atoms with Crippen LogP contribution in [0.15, 0.2) is 76.7 Å². The summed E-state index contributed by atoms with van der Waals surface area (Å²) in [5.74, 6) is 0. The number of sulfonamides is 1. The predicted molar refractivity (Wildman–Crippen MR) is 116 cm³/mol. The van der Waals surface area contributed by atoms with E-state index in [1.807, 2.05) is 6.92 Å². The number of hydrogen-bond acceptors (Lipinski definition) is 4. The predicted octanol–water partition coefficient (Wildman–Crippen LogP) is 5.55. The highest BCUT2D eigenvalue weighted by atomic mass is 35.5. The van der Waals surface area contributed by atoms with Crippen molar-refractivity contribution in [2.24, 2.45) is 5.10 Å². The second-order valence-electron chi connectivity index (χ2n) is 6.03. The summed E-state index contributed by atoms with van der Waals surface area (Å²) in [5, 5.41) is 5.17. The number of benzene rings is 3. The Morgan fingerprint density at radius 2 is 1.54 bits per heavy atom. The Hall–Kier alpha value is -2.54. The summed E-state index contributed by atoms with van der Waals surface area (Å²) in [7, 11) is -3.63. The Bertz CT molecular complexity index is 1100. The van der Waals surface area contributed by atoms with Crippen LogP contribution in [-0.4, -0.2) is 14.6 Å². The molecule has 0 amide bonds. The van der Waals surface area contributed by atoms with E-state index in [0.717, 1.165) is 11.1 Å². The molecule has 0 radical (unpaired) electrons. The van der Waals surface area contributed by atoms with E-state index in [2.05, 4.69) is 15.2 Å². The maximum atomic E-state index is 12.4. The molecule has 0 unspecified atom stereocenters. The van der Waals surface area contributed by atoms with Crippen molar-refractivity contribution >= 4 is 50.8 Å². The van der Waals surface area contributed by atoms with Crippen LogP contribution in [0.1, 0.15) is 11.1 Å². The first-order valence-electron chi connectivity index (χ1n) is 8.27. The SMILES string of the molecule is Cc1ccc(S(=O)(=O)Nc2ccc(N/N=C/c3ccc(Cl)cc3Cl)cc2)cc1. The van der Waals surface area contributed by atoms with Gasteiger partial charge in [-0.1, -0.05) is 47.0 Å². The monoisotopic (exact) mass is 433 g/mol. The molecule has 0 fully saturated rings. The summed E-state index contributed by atoms with van der Waals surface area (Å²) in [6, 6.07) is 18.5. The van der Waals surface area contributed by atoms with Crippen molar-refractivity contribution in [3.63, 3.8) is 0 Å². The lowest BCUT2D eigenvalue weighted by Crippen LogP contribution is -2.12. The largest absolute Gasteiger partial charge is 0.280 e. The molecule has 144 valence electrons. The summed E-state index contributed by atoms with van der Waals surface area (Å²) < 4.78 is 27.4. The standard InChI is InChI=1S/C20H17Cl2N3O2S/c1-14-2-10-19(11-3-14)28(26,27)25-18-8-6-17(7-9-18)24-23-13-15-4-5-16(21)12-20(15)22/h2-13,24-25H,1H3/b23-13+. The number of hydrogen-bond donors (Lipinski definition) is 2. The molecule has 3 rings (SSSR count). The van der Waals surface area contributed by atoms with Crippen LogP contribution in [0, 0.1) is 6.92 Å². The van der Waals surface area contributed by atoms with E-state index < -0.39 is 10.0 Å². The number of halogens is 2. The van der Waals surface area contributed by atoms with E-state index in [4.69, 9.17) is 23.2 Å². The van der Waals surface area contributed by atoms with Gasteiger partial charge in [0.2, 0.25) is 0 Å². The van der Waals surface area contributed by atoms with Gasteiger partial charge in [0.05, 0.1) is 21.8 Å². The highest BCUT2D eigenvalue weighted by Crippen LogP contribution is 2.20. The van der Waals surface area contributed by atoms with Crippen LogP contribution in [0.4, 0.5) is 11.4 Å². The molecule has 0 atom stereocenters. The van der Waals surface area contributed by atoms with Crippen molar-refractivity contribution in [1.29, 1.82) is 0 Å². The number of nitrogens with one attached hydrogen (secondary N) is 2. The first-order chi connectivity index (χ1) is 13.3. The van der Waals surface area contributed by atoms with E-state index in [1.54, 1.807) is 72.9 Å². The Kier molecular flexibility index (Phi) is 6.24. The molecule has 3 aromatic carbocycles. The fourth-order valence-electron chi connectivity index (χ4n) is 2.33. The zero-order chi connectivity index (χ0) is 20.1. The van der Waals surface area contributed by atoms with E-state index in [0.29, 0.717) is 21.4 Å². The molecule has 0 heterocycles. The van der Waals surface area contributed by atoms with Crippen LogP contribution in [-0.2, 0) is 10.0 Å². The lowest BCUT2D eigenvalue weighted by molar-refractivity contribution is 0.601. The summed E-state index contributed by atoms with van der Waals surface area (Å²) in [6.45, 7) is 1.90. The van der Waals surface area contributed by atoms with E-state index in [1.165, 1.54) is 0 Å². The second kappa shape index (κ2) is 8.65. The summed E-state index contributed by atoms with van der Waals surface area (Å²) >= 11 is 11.9. The average molecular weight is 434 g/mol. The molecule has 0 aliphatic carbocycles. The van der Waals surface area contributed by atoms with Crippen molar-refractivity contribution in [2.75, 3.05) is 10.1 Å². The molecule has 0 aliphatic heterocycles. The highest BCUT2D eigenvalue weighted by Gasteiger charge is 2.13. The molecule has 0 saturated heterocycles. The first-order valence-corrected chi connectivity index (χ1v) is 10.5. The zero-order valence-electron chi connectivity index (χ0n) is 14.9. The molecule has 5 nitrogen and oxygen atoms in total. The molecule has 8 heteroatoms. The zero-order valence-corrected chi connectivity index (χ0v) is 17.2. The van der Waals surface area contributed by atoms with Gasteiger partial charge in [-0.3, -0.25) is 10.1 Å². The van der Waals surface area contributed by atoms with E-state index in [9.17, 15) is 8.42 Å². The van der Waals surface area contributed by atoms with Crippen molar-refractivity contribution < 1.29 is 8.42 Å². The quantitative estimate of drug-likeness (QED) is 0.395. The summed E-state index contributed by atoms with van der Waals surface area (Å²) in [4.78, 5) is 0.213. The van der Waals surface area contributed by atoms with Crippen LogP contribution >= 0.6 is 23.2 Å². The van der Waals surface area contributed by atoms with Gasteiger partial charge in [-0.05, 0) is 55.5 Å². The number of nitrogens with zero attached hydrogens (tertiary/aromatic N) is 1. The first kappa shape index (κ1) is 20.2. The number of hydrazone groups is 1. The lowest BCUT2D eigenvalue weighted by Gasteiger charge is -2.09. The summed E-state index contributed by atoms with van der Waals surface area (Å²) in [6.07, 6.45) is 1.58. The van der Waals surface area contributed by atoms with E-state index in [-0.39, 0.29) is 4.90 Å². The third kappa shape index (κ3) is 5.25. The number of rotatable bonds is 6. The minimum absolute atomic E-state index is 0.213. The smallest absolute Gasteiger partial charge is 0.261 e. The topological polar surface area (TPSA) is 70.6 Å². The van der Waals surface area contributed by atoms with Gasteiger partial charge in [0, 0.05) is 16.3 Å². The summed E-state index contributed by atoms with van der Waals surface area (Å²) in [5.41, 5.74) is 5.73. The van der Waals surface area contributed by atoms with Gasteiger partial charge in [0.15, 0.2) is 0 Å². The second-order valence-corrected chi connectivity index (χ2v) is 8.56. The van der Waals surface area contributed by atoms with Gasteiger partial charge in [-0.2, -0.15) is 5.10 Å². The fraction of sp³-hybridized carbons (Fsp3) is 0.0500. The maximum Gasteiger partial charge on any atom is 0.261 e. The molecule has 0 spiro atoms. The molecular weight excluding hydrogens is 417 g/mol. The van der Waals surface area contributed by atoms with Gasteiger partial charge in [0.25, 0.3) is 10.0 Å². The van der Waals surface area contributed by atoms with E-state index >= 15 is 0 Å². The van der Waals surface area contributed by atoms with Gasteiger partial charge >= 0.3 is 0 Å². The molecular formula is C20H17Cl2N3O2S. The molecule has 0 aromatic heterocycles.